The van der Waals surface area contributed by atoms with Gasteiger partial charge in [-0.2, -0.15) is 0 Å². The molecule has 0 heterocycles. The predicted octanol–water partition coefficient (Wildman–Crippen LogP) is 7.70. The van der Waals surface area contributed by atoms with Gasteiger partial charge < -0.3 is 0 Å². The molecule has 0 aliphatic heterocycles. The second-order valence-corrected chi connectivity index (χ2v) is 35.3. The normalized spacial score (nSPS) is 13.2. The molecule has 0 atom stereocenters. The van der Waals surface area contributed by atoms with Crippen molar-refractivity contribution in [3.8, 4) is 0 Å². The topological polar surface area (TPSA) is 18.5 Å². The Morgan fingerprint density at radius 2 is 0.857 bits per heavy atom. The van der Waals surface area contributed by atoms with Gasteiger partial charge in [0.1, 0.15) is 0 Å². The van der Waals surface area contributed by atoms with Gasteiger partial charge in [0.2, 0.25) is 0 Å². The van der Waals surface area contributed by atoms with Crippen molar-refractivity contribution in [1.29, 1.82) is 0 Å². The summed E-state index contributed by atoms with van der Waals surface area (Å²) in [4.78, 5) is 0. The molecule has 0 N–H and O–H groups in total. The first-order valence-electron chi connectivity index (χ1n) is 10.3. The van der Waals surface area contributed by atoms with E-state index in [1.54, 1.807) is 0 Å². The molecule has 35 heavy (non-hydrogen) atoms. The van der Waals surface area contributed by atoms with Gasteiger partial charge >= 0.3 is 257 Å². The molecule has 13 heteroatoms. The fraction of sp³-hybridized carbons (Fsp3) is 0.182. The summed E-state index contributed by atoms with van der Waals surface area (Å²) in [7, 11) is -3.54. The Labute approximate surface area is 254 Å². The summed E-state index contributed by atoms with van der Waals surface area (Å²) in [5.41, 5.74) is 0. The third kappa shape index (κ3) is 6.97. The molecule has 0 unspecified atom stereocenters. The fourth-order valence-electron chi connectivity index (χ4n) is 4.00. The van der Waals surface area contributed by atoms with E-state index in [1.807, 2.05) is 91.0 Å². The number of halogens is 9. The Hall–Kier alpha value is 1.03. The van der Waals surface area contributed by atoms with Crippen LogP contribution in [0.15, 0.2) is 91.0 Å². The maximum atomic E-state index is 7.08. The van der Waals surface area contributed by atoms with E-state index in [9.17, 15) is 0 Å². The number of rotatable bonds is 7. The molecule has 0 aliphatic carbocycles. The summed E-state index contributed by atoms with van der Waals surface area (Å²) >= 11 is 51.6. The molecule has 3 aromatic carbocycles. The van der Waals surface area contributed by atoms with Crippen LogP contribution in [0.25, 0.3) is 0 Å². The van der Waals surface area contributed by atoms with Crippen molar-refractivity contribution < 1.29 is 22.3 Å². The SMILES string of the molecule is ClC(Cl)(Cl)C[O][Zn]([O][Si](c1ccccc1)(c1ccccc1)c1ccccc1)([C](Cl)(Cl)Cl)[C](Cl)(Cl)Cl. The molecule has 0 amide bonds. The van der Waals surface area contributed by atoms with Crippen LogP contribution in [0.2, 0.25) is 0 Å². The van der Waals surface area contributed by atoms with Crippen LogP contribution in [0.4, 0.5) is 0 Å². The molecule has 0 fully saturated rings. The molecule has 0 aromatic heterocycles. The van der Waals surface area contributed by atoms with E-state index < -0.39 is 39.0 Å². The molecule has 0 spiro atoms. The van der Waals surface area contributed by atoms with Crippen molar-refractivity contribution in [2.24, 2.45) is 0 Å². The minimum atomic E-state index is -5.78. The van der Waals surface area contributed by atoms with Gasteiger partial charge in [-0.3, -0.25) is 0 Å². The van der Waals surface area contributed by atoms with Crippen LogP contribution < -0.4 is 15.6 Å². The summed E-state index contributed by atoms with van der Waals surface area (Å²) in [5, 5.41) is 2.46. The zero-order valence-electron chi connectivity index (χ0n) is 17.8. The number of alkyl halides is 9. The molecule has 0 saturated carbocycles. The number of benzene rings is 3. The summed E-state index contributed by atoms with van der Waals surface area (Å²) < 4.78 is 6.81. The van der Waals surface area contributed by atoms with Gasteiger partial charge in [0, 0.05) is 0 Å². The molecule has 0 aliphatic rings. The minimum absolute atomic E-state index is 0.512. The maximum absolute atomic E-state index is 7.08. The van der Waals surface area contributed by atoms with Crippen molar-refractivity contribution in [1.82, 2.24) is 0 Å². The Morgan fingerprint density at radius 1 is 0.543 bits per heavy atom. The zero-order chi connectivity index (χ0) is 26.0. The first-order valence-corrected chi connectivity index (χ1v) is 21.0. The molecule has 186 valence electrons. The number of hydrogen-bond donors (Lipinski definition) is 0. The van der Waals surface area contributed by atoms with E-state index in [0.717, 1.165) is 15.6 Å². The van der Waals surface area contributed by atoms with Crippen molar-refractivity contribution in [3.63, 3.8) is 0 Å². The van der Waals surface area contributed by atoms with Crippen LogP contribution in [-0.2, 0) is 22.3 Å². The molecule has 3 aromatic rings. The first-order chi connectivity index (χ1) is 16.2. The third-order valence-corrected chi connectivity index (χ3v) is 32.5. The van der Waals surface area contributed by atoms with Gasteiger partial charge in [0.15, 0.2) is 0 Å². The van der Waals surface area contributed by atoms with E-state index in [1.165, 1.54) is 0 Å². The zero-order valence-corrected chi connectivity index (χ0v) is 28.6. The molecule has 2 nitrogen and oxygen atoms in total. The molecule has 0 bridgehead atoms. The van der Waals surface area contributed by atoms with E-state index >= 15 is 0 Å². The quantitative estimate of drug-likeness (QED) is 0.141. The summed E-state index contributed by atoms with van der Waals surface area (Å²) in [5.74, 6) is 0. The van der Waals surface area contributed by atoms with Gasteiger partial charge in [0.25, 0.3) is 0 Å². The molecule has 3 rings (SSSR count). The Kier molecular flexibility index (Phi) is 10.5. The molecular formula is C22H17Cl9O2SiZn. The monoisotopic (exact) mass is 720 g/mol. The van der Waals surface area contributed by atoms with Crippen molar-refractivity contribution in [3.05, 3.63) is 91.0 Å². The van der Waals surface area contributed by atoms with Gasteiger partial charge in [-0.1, -0.05) is 0 Å². The summed E-state index contributed by atoms with van der Waals surface area (Å²) in [6.07, 6.45) is 0. The average molecular weight is 726 g/mol. The van der Waals surface area contributed by atoms with Gasteiger partial charge in [-0.25, -0.2) is 0 Å². The van der Waals surface area contributed by atoms with Crippen LogP contribution in [0, 0.1) is 0 Å². The molecule has 0 radical (unpaired) electrons. The van der Waals surface area contributed by atoms with Crippen LogP contribution in [0.3, 0.4) is 0 Å². The second-order valence-electron chi connectivity index (χ2n) is 7.99. The molecule has 0 saturated heterocycles. The van der Waals surface area contributed by atoms with Crippen molar-refractivity contribution in [2.75, 3.05) is 6.61 Å². The standard InChI is InChI=1S/C18H15OSi.C2H2Cl3O.2CCl3.Zn/c19-20(16-10-4-1-5-11-16,17-12-6-2-7-13-17)18-14-8-3-9-15-18;3-2(4,5)1-6;2*2-1(3)4;/h1-15H;1H2;;;/q2*-1;;;+2. The first kappa shape index (κ1) is 30.6. The van der Waals surface area contributed by atoms with E-state index in [2.05, 4.69) is 0 Å². The van der Waals surface area contributed by atoms with Gasteiger partial charge in [0.05, 0.1) is 0 Å². The second kappa shape index (κ2) is 12.0. The Balaban J connectivity index is 2.41. The summed E-state index contributed by atoms with van der Waals surface area (Å²) in [6.45, 7) is -0.512. The average Bonchev–Trinajstić information content (AvgIpc) is 2.79. The fourth-order valence-corrected chi connectivity index (χ4v) is 39.2. The van der Waals surface area contributed by atoms with E-state index in [0.29, 0.717) is 0 Å². The van der Waals surface area contributed by atoms with E-state index in [4.69, 9.17) is 111 Å². The van der Waals surface area contributed by atoms with Crippen LogP contribution in [-0.4, -0.2) is 23.5 Å². The van der Waals surface area contributed by atoms with Crippen LogP contribution in [0.5, 0.6) is 0 Å². The molecular weight excluding hydrogens is 709 g/mol. The van der Waals surface area contributed by atoms with Gasteiger partial charge in [-0.15, -0.1) is 0 Å². The third-order valence-electron chi connectivity index (χ3n) is 5.57. The van der Waals surface area contributed by atoms with Gasteiger partial charge in [-0.05, 0) is 0 Å². The van der Waals surface area contributed by atoms with E-state index in [-0.39, 0.29) is 0 Å². The Bertz CT molecular complexity index is 978. The van der Waals surface area contributed by atoms with Crippen molar-refractivity contribution in [2.45, 2.75) is 8.57 Å². The van der Waals surface area contributed by atoms with Crippen molar-refractivity contribution >= 4 is 128 Å². The Morgan fingerprint density at radius 3 is 1.11 bits per heavy atom. The number of hydrogen-bond acceptors (Lipinski definition) is 2. The predicted molar refractivity (Wildman–Crippen MR) is 152 cm³/mol. The summed E-state index contributed by atoms with van der Waals surface area (Å²) in [6, 6.07) is 28.5. The van der Waals surface area contributed by atoms with Crippen LogP contribution >= 0.6 is 104 Å². The van der Waals surface area contributed by atoms with Crippen LogP contribution in [0.1, 0.15) is 0 Å².